The van der Waals surface area contributed by atoms with Crippen molar-refractivity contribution in [1.82, 2.24) is 5.32 Å². The fourth-order valence-corrected chi connectivity index (χ4v) is 3.19. The third-order valence-electron chi connectivity index (χ3n) is 4.02. The summed E-state index contributed by atoms with van der Waals surface area (Å²) in [6, 6.07) is 3.97. The number of nitrogens with one attached hydrogen (secondary N) is 1. The molecule has 2 unspecified atom stereocenters. The van der Waals surface area contributed by atoms with Crippen LogP contribution in [-0.4, -0.2) is 28.5 Å². The number of aromatic hydroxyl groups is 2. The van der Waals surface area contributed by atoms with Gasteiger partial charge in [0.15, 0.2) is 0 Å². The molecule has 1 aromatic rings. The Hall–Kier alpha value is -1.42. The molecule has 1 aromatic carbocycles. The molecule has 3 N–H and O–H groups in total. The van der Waals surface area contributed by atoms with Gasteiger partial charge in [0, 0.05) is 18.5 Å². The Morgan fingerprint density at radius 2 is 1.95 bits per heavy atom. The summed E-state index contributed by atoms with van der Waals surface area (Å²) in [6.07, 6.45) is 4.59. The van der Waals surface area contributed by atoms with Gasteiger partial charge in [-0.05, 0) is 36.8 Å². The van der Waals surface area contributed by atoms with Gasteiger partial charge < -0.3 is 15.5 Å². The third kappa shape index (κ3) is 3.57. The minimum Gasteiger partial charge on any atom is -0.508 e. The van der Waals surface area contributed by atoms with E-state index >= 15 is 0 Å². The third-order valence-corrected chi connectivity index (χ3v) is 4.41. The summed E-state index contributed by atoms with van der Waals surface area (Å²) < 4.78 is 0. The van der Waals surface area contributed by atoms with E-state index in [1.165, 1.54) is 25.0 Å². The maximum atomic E-state index is 12.0. The van der Waals surface area contributed by atoms with Crippen molar-refractivity contribution in [3.63, 3.8) is 0 Å². The van der Waals surface area contributed by atoms with Gasteiger partial charge in [0.1, 0.15) is 11.5 Å². The summed E-state index contributed by atoms with van der Waals surface area (Å²) in [5, 5.41) is 21.7. The molecule has 2 atom stereocenters. The Labute approximate surface area is 123 Å². The molecule has 0 spiro atoms. The van der Waals surface area contributed by atoms with Gasteiger partial charge in [0.05, 0.1) is 5.56 Å². The van der Waals surface area contributed by atoms with Gasteiger partial charge in [-0.1, -0.05) is 12.8 Å². The van der Waals surface area contributed by atoms with Crippen molar-refractivity contribution in [3.8, 4) is 11.5 Å². The minimum atomic E-state index is -0.318. The van der Waals surface area contributed by atoms with Crippen LogP contribution in [0.5, 0.6) is 11.5 Å². The Morgan fingerprint density at radius 3 is 2.60 bits per heavy atom. The van der Waals surface area contributed by atoms with Crippen molar-refractivity contribution in [3.05, 3.63) is 23.8 Å². The first-order valence-corrected chi connectivity index (χ1v) is 7.51. The highest BCUT2D eigenvalue weighted by atomic mass is 35.5. The molecule has 5 heteroatoms. The molecule has 0 heterocycles. The first kappa shape index (κ1) is 15.0. The van der Waals surface area contributed by atoms with Gasteiger partial charge in [-0.15, -0.1) is 11.6 Å². The molecule has 1 amide bonds. The maximum absolute atomic E-state index is 12.0. The molecule has 0 bridgehead atoms. The SMILES string of the molecule is O=C(NCC1CCCCC1CCl)c1ccc(O)cc1O. The average molecular weight is 298 g/mol. The lowest BCUT2D eigenvalue weighted by Crippen LogP contribution is -2.34. The van der Waals surface area contributed by atoms with Crippen LogP contribution >= 0.6 is 11.6 Å². The van der Waals surface area contributed by atoms with Crippen LogP contribution in [0.2, 0.25) is 0 Å². The molecule has 1 fully saturated rings. The van der Waals surface area contributed by atoms with Crippen molar-refractivity contribution in [2.75, 3.05) is 12.4 Å². The zero-order chi connectivity index (χ0) is 14.5. The predicted molar refractivity (Wildman–Crippen MR) is 78.3 cm³/mol. The molecule has 1 saturated carbocycles. The van der Waals surface area contributed by atoms with Crippen molar-refractivity contribution in [1.29, 1.82) is 0 Å². The van der Waals surface area contributed by atoms with E-state index in [1.54, 1.807) is 0 Å². The standard InChI is InChI=1S/C15H20ClNO3/c16-8-10-3-1-2-4-11(10)9-17-15(20)13-6-5-12(18)7-14(13)19/h5-7,10-11,18-19H,1-4,8-9H2,(H,17,20). The van der Waals surface area contributed by atoms with E-state index in [2.05, 4.69) is 5.32 Å². The average Bonchev–Trinajstić information content (AvgIpc) is 2.45. The first-order valence-electron chi connectivity index (χ1n) is 6.98. The monoisotopic (exact) mass is 297 g/mol. The summed E-state index contributed by atoms with van der Waals surface area (Å²) >= 11 is 5.97. The van der Waals surface area contributed by atoms with Crippen molar-refractivity contribution in [2.24, 2.45) is 11.8 Å². The van der Waals surface area contributed by atoms with E-state index < -0.39 is 0 Å². The lowest BCUT2D eigenvalue weighted by molar-refractivity contribution is 0.0934. The van der Waals surface area contributed by atoms with Crippen LogP contribution in [0.25, 0.3) is 0 Å². The first-order chi connectivity index (χ1) is 9.61. The topological polar surface area (TPSA) is 69.6 Å². The van der Waals surface area contributed by atoms with Gasteiger partial charge in [-0.3, -0.25) is 4.79 Å². The second kappa shape index (κ2) is 6.84. The molecule has 0 radical (unpaired) electrons. The second-order valence-corrected chi connectivity index (χ2v) is 5.68. The van der Waals surface area contributed by atoms with Crippen molar-refractivity contribution >= 4 is 17.5 Å². The molecule has 0 saturated heterocycles. The van der Waals surface area contributed by atoms with E-state index in [1.807, 2.05) is 0 Å². The van der Waals surface area contributed by atoms with Crippen LogP contribution in [0.15, 0.2) is 18.2 Å². The van der Waals surface area contributed by atoms with Gasteiger partial charge in [-0.25, -0.2) is 0 Å². The zero-order valence-electron chi connectivity index (χ0n) is 11.3. The van der Waals surface area contributed by atoms with E-state index in [0.717, 1.165) is 18.9 Å². The lowest BCUT2D eigenvalue weighted by Gasteiger charge is -2.30. The largest absolute Gasteiger partial charge is 0.508 e. The Morgan fingerprint density at radius 1 is 1.25 bits per heavy atom. The van der Waals surface area contributed by atoms with E-state index in [0.29, 0.717) is 24.3 Å². The fourth-order valence-electron chi connectivity index (χ4n) is 2.79. The van der Waals surface area contributed by atoms with Gasteiger partial charge >= 0.3 is 0 Å². The molecule has 110 valence electrons. The summed E-state index contributed by atoms with van der Waals surface area (Å²) in [5.41, 5.74) is 0.182. The quantitative estimate of drug-likeness (QED) is 0.749. The molecule has 4 nitrogen and oxygen atoms in total. The molecular weight excluding hydrogens is 278 g/mol. The van der Waals surface area contributed by atoms with E-state index in [4.69, 9.17) is 11.6 Å². The van der Waals surface area contributed by atoms with Crippen LogP contribution in [0.3, 0.4) is 0 Å². The zero-order valence-corrected chi connectivity index (χ0v) is 12.1. The molecule has 0 aliphatic heterocycles. The number of amides is 1. The Balaban J connectivity index is 1.94. The number of halogens is 1. The molecule has 0 aromatic heterocycles. The van der Waals surface area contributed by atoms with Crippen LogP contribution in [0.4, 0.5) is 0 Å². The molecule has 1 aliphatic rings. The number of hydrogen-bond donors (Lipinski definition) is 3. The molecule has 1 aliphatic carbocycles. The number of carbonyl (C=O) groups is 1. The summed E-state index contributed by atoms with van der Waals surface area (Å²) in [4.78, 5) is 12.0. The number of phenols is 2. The highest BCUT2D eigenvalue weighted by Crippen LogP contribution is 2.30. The number of phenolic OH excluding ortho intramolecular Hbond substituents is 2. The number of rotatable bonds is 4. The summed E-state index contributed by atoms with van der Waals surface area (Å²) in [7, 11) is 0. The van der Waals surface area contributed by atoms with Gasteiger partial charge in [0.2, 0.25) is 0 Å². The van der Waals surface area contributed by atoms with Crippen LogP contribution in [-0.2, 0) is 0 Å². The van der Waals surface area contributed by atoms with Gasteiger partial charge in [-0.2, -0.15) is 0 Å². The highest BCUT2D eigenvalue weighted by molar-refractivity contribution is 6.18. The Kier molecular flexibility index (Phi) is 5.12. The normalized spacial score (nSPS) is 22.4. The van der Waals surface area contributed by atoms with E-state index in [-0.39, 0.29) is 23.0 Å². The highest BCUT2D eigenvalue weighted by Gasteiger charge is 2.25. The molecule has 20 heavy (non-hydrogen) atoms. The number of alkyl halides is 1. The predicted octanol–water partition coefficient (Wildman–Crippen LogP) is 2.87. The summed E-state index contributed by atoms with van der Waals surface area (Å²) in [6.45, 7) is 0.580. The fraction of sp³-hybridized carbons (Fsp3) is 0.533. The number of carbonyl (C=O) groups excluding carboxylic acids is 1. The smallest absolute Gasteiger partial charge is 0.255 e. The van der Waals surface area contributed by atoms with Crippen LogP contribution in [0, 0.1) is 11.8 Å². The van der Waals surface area contributed by atoms with Gasteiger partial charge in [0.25, 0.3) is 5.91 Å². The minimum absolute atomic E-state index is 0.0615. The second-order valence-electron chi connectivity index (χ2n) is 5.37. The molecular formula is C15H20ClNO3. The Bertz CT molecular complexity index is 478. The van der Waals surface area contributed by atoms with Crippen LogP contribution < -0.4 is 5.32 Å². The lowest BCUT2D eigenvalue weighted by atomic mass is 9.80. The summed E-state index contributed by atoms with van der Waals surface area (Å²) in [5.74, 6) is 0.906. The van der Waals surface area contributed by atoms with Crippen molar-refractivity contribution in [2.45, 2.75) is 25.7 Å². The maximum Gasteiger partial charge on any atom is 0.255 e. The molecule has 2 rings (SSSR count). The number of benzene rings is 1. The number of hydrogen-bond acceptors (Lipinski definition) is 3. The van der Waals surface area contributed by atoms with E-state index in [9.17, 15) is 15.0 Å². The van der Waals surface area contributed by atoms with Crippen LogP contribution in [0.1, 0.15) is 36.0 Å². The van der Waals surface area contributed by atoms with Crippen molar-refractivity contribution < 1.29 is 15.0 Å².